The number of carbonyl (C=O) groups is 1. The van der Waals surface area contributed by atoms with E-state index >= 15 is 0 Å². The number of hydrogen-bond donors (Lipinski definition) is 0. The summed E-state index contributed by atoms with van der Waals surface area (Å²) in [6.45, 7) is 0.505. The van der Waals surface area contributed by atoms with Crippen molar-refractivity contribution < 1.29 is 9.53 Å². The third-order valence-electron chi connectivity index (χ3n) is 3.74. The number of methoxy groups -OCH3 is 1. The zero-order valence-electron chi connectivity index (χ0n) is 13.9. The van der Waals surface area contributed by atoms with Gasteiger partial charge in [0.15, 0.2) is 0 Å². The number of hydrogen-bond acceptors (Lipinski definition) is 4. The number of thiazole rings is 1. The minimum atomic E-state index is -0.106. The fourth-order valence-corrected chi connectivity index (χ4v) is 3.30. The molecule has 0 spiro atoms. The van der Waals surface area contributed by atoms with Gasteiger partial charge < -0.3 is 9.64 Å². The Balaban J connectivity index is 1.71. The zero-order chi connectivity index (χ0) is 17.8. The molecule has 0 fully saturated rings. The van der Waals surface area contributed by atoms with E-state index in [0.717, 1.165) is 21.9 Å². The fraction of sp³-hybridized carbons (Fsp3) is 0.158. The second-order valence-corrected chi connectivity index (χ2v) is 6.85. The van der Waals surface area contributed by atoms with Crippen LogP contribution in [0.2, 0.25) is 5.02 Å². The van der Waals surface area contributed by atoms with Gasteiger partial charge in [-0.2, -0.15) is 0 Å². The van der Waals surface area contributed by atoms with Gasteiger partial charge in [-0.1, -0.05) is 23.7 Å². The van der Waals surface area contributed by atoms with Crippen LogP contribution in [0.3, 0.4) is 0 Å². The lowest BCUT2D eigenvalue weighted by molar-refractivity contribution is 0.0780. The number of rotatable bonds is 5. The van der Waals surface area contributed by atoms with E-state index in [2.05, 4.69) is 4.98 Å². The molecule has 3 rings (SSSR count). The number of halogens is 1. The van der Waals surface area contributed by atoms with E-state index in [9.17, 15) is 4.79 Å². The molecule has 128 valence electrons. The van der Waals surface area contributed by atoms with Gasteiger partial charge in [0.25, 0.3) is 5.91 Å². The van der Waals surface area contributed by atoms with Crippen molar-refractivity contribution in [1.29, 1.82) is 0 Å². The molecule has 25 heavy (non-hydrogen) atoms. The Morgan fingerprint density at radius 3 is 2.48 bits per heavy atom. The molecule has 1 aromatic heterocycles. The maximum atomic E-state index is 12.6. The average Bonchev–Trinajstić information content (AvgIpc) is 3.13. The van der Waals surface area contributed by atoms with Crippen LogP contribution in [0.1, 0.15) is 16.1 Å². The normalized spacial score (nSPS) is 10.5. The minimum absolute atomic E-state index is 0.106. The summed E-state index contributed by atoms with van der Waals surface area (Å²) in [6, 6.07) is 15.1. The highest BCUT2D eigenvalue weighted by molar-refractivity contribution is 7.13. The van der Waals surface area contributed by atoms with Crippen LogP contribution in [0.5, 0.6) is 5.75 Å². The molecule has 4 nitrogen and oxygen atoms in total. The van der Waals surface area contributed by atoms with Crippen molar-refractivity contribution in [2.24, 2.45) is 0 Å². The van der Waals surface area contributed by atoms with Gasteiger partial charge in [-0.15, -0.1) is 11.3 Å². The van der Waals surface area contributed by atoms with Crippen LogP contribution in [-0.4, -0.2) is 29.9 Å². The molecule has 0 unspecified atom stereocenters. The molecule has 3 aromatic rings. The molecule has 0 saturated carbocycles. The largest absolute Gasteiger partial charge is 0.497 e. The third kappa shape index (κ3) is 4.18. The van der Waals surface area contributed by atoms with Crippen LogP contribution in [0, 0.1) is 0 Å². The summed E-state index contributed by atoms with van der Waals surface area (Å²) in [4.78, 5) is 18.7. The monoisotopic (exact) mass is 372 g/mol. The van der Waals surface area contributed by atoms with Crippen LogP contribution in [0.4, 0.5) is 0 Å². The maximum Gasteiger partial charge on any atom is 0.273 e. The number of aromatic nitrogens is 1. The van der Waals surface area contributed by atoms with Crippen LogP contribution in [0.15, 0.2) is 53.9 Å². The van der Waals surface area contributed by atoms with Crippen molar-refractivity contribution in [3.8, 4) is 16.3 Å². The van der Waals surface area contributed by atoms with Crippen molar-refractivity contribution in [2.75, 3.05) is 14.2 Å². The summed E-state index contributed by atoms with van der Waals surface area (Å²) in [7, 11) is 3.40. The van der Waals surface area contributed by atoms with Gasteiger partial charge in [-0.25, -0.2) is 4.98 Å². The van der Waals surface area contributed by atoms with Crippen molar-refractivity contribution >= 4 is 28.8 Å². The lowest BCUT2D eigenvalue weighted by Gasteiger charge is -2.16. The van der Waals surface area contributed by atoms with Gasteiger partial charge >= 0.3 is 0 Å². The molecule has 2 aromatic carbocycles. The van der Waals surface area contributed by atoms with E-state index in [1.165, 1.54) is 11.3 Å². The predicted molar refractivity (Wildman–Crippen MR) is 101 cm³/mol. The van der Waals surface area contributed by atoms with Crippen LogP contribution >= 0.6 is 22.9 Å². The highest BCUT2D eigenvalue weighted by Gasteiger charge is 2.16. The van der Waals surface area contributed by atoms with Gasteiger partial charge in [0.05, 0.1) is 7.11 Å². The van der Waals surface area contributed by atoms with E-state index in [1.54, 1.807) is 24.4 Å². The molecule has 0 bridgehead atoms. The lowest BCUT2D eigenvalue weighted by Crippen LogP contribution is -2.26. The lowest BCUT2D eigenvalue weighted by atomic mass is 10.2. The topological polar surface area (TPSA) is 42.4 Å². The van der Waals surface area contributed by atoms with Gasteiger partial charge in [-0.05, 0) is 42.0 Å². The Labute approximate surface area is 155 Å². The molecule has 0 N–H and O–H groups in total. The van der Waals surface area contributed by atoms with Gasteiger partial charge in [0.1, 0.15) is 16.5 Å². The van der Waals surface area contributed by atoms with Crippen LogP contribution in [0.25, 0.3) is 10.6 Å². The van der Waals surface area contributed by atoms with E-state index in [0.29, 0.717) is 17.3 Å². The molecular weight excluding hydrogens is 356 g/mol. The number of ether oxygens (including phenoxy) is 1. The van der Waals surface area contributed by atoms with Crippen LogP contribution in [-0.2, 0) is 6.54 Å². The molecule has 6 heteroatoms. The number of amides is 1. The molecule has 0 aliphatic rings. The highest BCUT2D eigenvalue weighted by Crippen LogP contribution is 2.26. The average molecular weight is 373 g/mol. The molecule has 0 saturated heterocycles. The summed E-state index contributed by atoms with van der Waals surface area (Å²) in [5.41, 5.74) is 2.43. The molecule has 0 aliphatic heterocycles. The van der Waals surface area contributed by atoms with Gasteiger partial charge in [0.2, 0.25) is 0 Å². The molecule has 1 heterocycles. The number of nitrogens with zero attached hydrogens (tertiary/aromatic N) is 2. The summed E-state index contributed by atoms with van der Waals surface area (Å²) < 4.78 is 5.16. The Morgan fingerprint density at radius 2 is 1.84 bits per heavy atom. The Kier molecular flexibility index (Phi) is 5.36. The Hall–Kier alpha value is -2.37. The third-order valence-corrected chi connectivity index (χ3v) is 4.88. The Bertz CT molecular complexity index is 860. The Morgan fingerprint density at radius 1 is 1.16 bits per heavy atom. The number of benzene rings is 2. The number of carbonyl (C=O) groups excluding carboxylic acids is 1. The smallest absolute Gasteiger partial charge is 0.273 e. The summed E-state index contributed by atoms with van der Waals surface area (Å²) in [6.07, 6.45) is 0. The molecule has 0 aliphatic carbocycles. The van der Waals surface area contributed by atoms with Gasteiger partial charge in [0, 0.05) is 29.6 Å². The van der Waals surface area contributed by atoms with Crippen LogP contribution < -0.4 is 4.74 Å². The maximum absolute atomic E-state index is 12.6. The first-order valence-electron chi connectivity index (χ1n) is 7.66. The van der Waals surface area contributed by atoms with Crippen molar-refractivity contribution in [3.63, 3.8) is 0 Å². The highest BCUT2D eigenvalue weighted by atomic mass is 35.5. The first kappa shape index (κ1) is 17.5. The zero-order valence-corrected chi connectivity index (χ0v) is 15.5. The second-order valence-electron chi connectivity index (χ2n) is 5.55. The molecule has 0 atom stereocenters. The summed E-state index contributed by atoms with van der Waals surface area (Å²) >= 11 is 7.34. The van der Waals surface area contributed by atoms with E-state index in [1.807, 2.05) is 48.5 Å². The quantitative estimate of drug-likeness (QED) is 0.649. The SMILES string of the molecule is COc1ccc(-c2nc(C(=O)N(C)Cc3ccc(Cl)cc3)cs2)cc1. The van der Waals surface area contributed by atoms with Crippen molar-refractivity contribution in [2.45, 2.75) is 6.54 Å². The summed E-state index contributed by atoms with van der Waals surface area (Å²) in [5, 5.41) is 3.28. The second kappa shape index (κ2) is 7.68. The van der Waals surface area contributed by atoms with E-state index < -0.39 is 0 Å². The van der Waals surface area contributed by atoms with Gasteiger partial charge in [-0.3, -0.25) is 4.79 Å². The molecule has 1 amide bonds. The fourth-order valence-electron chi connectivity index (χ4n) is 2.37. The van der Waals surface area contributed by atoms with E-state index in [-0.39, 0.29) is 5.91 Å². The van der Waals surface area contributed by atoms with Crippen molar-refractivity contribution in [3.05, 3.63) is 70.2 Å². The molecular formula is C19H17ClN2O2S. The van der Waals surface area contributed by atoms with E-state index in [4.69, 9.17) is 16.3 Å². The minimum Gasteiger partial charge on any atom is -0.497 e. The standard InChI is InChI=1S/C19H17ClN2O2S/c1-22(11-13-3-7-15(20)8-4-13)19(23)17-12-25-18(21-17)14-5-9-16(24-2)10-6-14/h3-10,12H,11H2,1-2H3. The predicted octanol–water partition coefficient (Wildman–Crippen LogP) is 4.74. The molecule has 0 radical (unpaired) electrons. The summed E-state index contributed by atoms with van der Waals surface area (Å²) in [5.74, 6) is 0.685. The first-order valence-corrected chi connectivity index (χ1v) is 8.92. The van der Waals surface area contributed by atoms with Crippen molar-refractivity contribution in [1.82, 2.24) is 9.88 Å². The first-order chi connectivity index (χ1) is 12.1.